The smallest absolute Gasteiger partial charge is 0.169 e. The minimum atomic E-state index is 0.580. The van der Waals surface area contributed by atoms with Gasteiger partial charge >= 0.3 is 0 Å². The topological polar surface area (TPSA) is 55.6 Å². The van der Waals surface area contributed by atoms with E-state index in [1.807, 2.05) is 20.0 Å². The van der Waals surface area contributed by atoms with Gasteiger partial charge in [0.05, 0.1) is 6.54 Å². The molecule has 84 valence electrons. The molecule has 0 saturated carbocycles. The third-order valence-corrected chi connectivity index (χ3v) is 2.54. The van der Waals surface area contributed by atoms with Crippen molar-refractivity contribution in [3.8, 4) is 0 Å². The van der Waals surface area contributed by atoms with E-state index in [4.69, 9.17) is 0 Å². The summed E-state index contributed by atoms with van der Waals surface area (Å²) in [6.07, 6.45) is 3.44. The van der Waals surface area contributed by atoms with Crippen molar-refractivity contribution in [1.82, 2.24) is 19.7 Å². The average Bonchev–Trinajstić information content (AvgIpc) is 2.63. The highest BCUT2D eigenvalue weighted by Crippen LogP contribution is 2.16. The highest BCUT2D eigenvalue weighted by molar-refractivity contribution is 9.10. The molecule has 0 atom stereocenters. The maximum atomic E-state index is 4.28. The molecule has 2 aromatic rings. The Morgan fingerprint density at radius 3 is 2.88 bits per heavy atom. The monoisotopic (exact) mass is 281 g/mol. The zero-order valence-corrected chi connectivity index (χ0v) is 10.7. The first-order chi connectivity index (χ1) is 7.65. The highest BCUT2D eigenvalue weighted by atomic mass is 79.9. The lowest BCUT2D eigenvalue weighted by Crippen LogP contribution is -2.05. The molecule has 0 aliphatic heterocycles. The summed E-state index contributed by atoms with van der Waals surface area (Å²) < 4.78 is 2.66. The molecular weight excluding hydrogens is 270 g/mol. The van der Waals surface area contributed by atoms with Crippen LogP contribution in [0.25, 0.3) is 0 Å². The third-order valence-electron chi connectivity index (χ3n) is 2.11. The van der Waals surface area contributed by atoms with Crippen LogP contribution < -0.4 is 5.32 Å². The van der Waals surface area contributed by atoms with Crippen LogP contribution in [-0.4, -0.2) is 19.7 Å². The summed E-state index contributed by atoms with van der Waals surface area (Å²) >= 11 is 3.38. The van der Waals surface area contributed by atoms with Crippen LogP contribution in [0, 0.1) is 6.92 Å². The van der Waals surface area contributed by atoms with Gasteiger partial charge in [0, 0.05) is 17.7 Å². The van der Waals surface area contributed by atoms with Crippen molar-refractivity contribution in [2.75, 3.05) is 5.32 Å². The fourth-order valence-corrected chi connectivity index (χ4v) is 1.80. The van der Waals surface area contributed by atoms with Crippen molar-refractivity contribution in [3.63, 3.8) is 0 Å². The van der Waals surface area contributed by atoms with E-state index in [0.717, 1.165) is 21.7 Å². The molecule has 0 saturated heterocycles. The van der Waals surface area contributed by atoms with Gasteiger partial charge in [-0.2, -0.15) is 5.10 Å². The van der Waals surface area contributed by atoms with E-state index < -0.39 is 0 Å². The number of aromatic nitrogens is 4. The minimum absolute atomic E-state index is 0.580. The van der Waals surface area contributed by atoms with Gasteiger partial charge in [-0.25, -0.2) is 9.97 Å². The second-order valence-corrected chi connectivity index (χ2v) is 4.42. The Hall–Kier alpha value is -1.43. The Morgan fingerprint density at radius 2 is 2.25 bits per heavy atom. The van der Waals surface area contributed by atoms with Crippen LogP contribution in [0.3, 0.4) is 0 Å². The van der Waals surface area contributed by atoms with E-state index in [0.29, 0.717) is 6.54 Å². The molecule has 0 fully saturated rings. The molecule has 6 heteroatoms. The van der Waals surface area contributed by atoms with Crippen molar-refractivity contribution in [3.05, 3.63) is 34.5 Å². The fraction of sp³-hybridized carbons (Fsp3) is 0.300. The molecule has 0 bridgehead atoms. The van der Waals surface area contributed by atoms with Crippen LogP contribution >= 0.6 is 15.9 Å². The lowest BCUT2D eigenvalue weighted by Gasteiger charge is -2.06. The second kappa shape index (κ2) is 4.61. The number of pyridine rings is 1. The van der Waals surface area contributed by atoms with Gasteiger partial charge in [-0.3, -0.25) is 4.68 Å². The predicted molar refractivity (Wildman–Crippen MR) is 65.0 cm³/mol. The second-order valence-electron chi connectivity index (χ2n) is 3.51. The Morgan fingerprint density at radius 1 is 1.44 bits per heavy atom. The van der Waals surface area contributed by atoms with Crippen molar-refractivity contribution < 1.29 is 0 Å². The molecule has 0 aliphatic rings. The molecule has 16 heavy (non-hydrogen) atoms. The van der Waals surface area contributed by atoms with Gasteiger partial charge in [0.25, 0.3) is 0 Å². The minimum Gasteiger partial charge on any atom is -0.362 e. The molecule has 2 heterocycles. The molecular formula is C10H12BrN5. The summed E-state index contributed by atoms with van der Waals surface area (Å²) in [5, 5.41) is 7.38. The van der Waals surface area contributed by atoms with Crippen molar-refractivity contribution in [1.29, 1.82) is 0 Å². The number of hydrogen-bond donors (Lipinski definition) is 1. The number of nitrogens with one attached hydrogen (secondary N) is 1. The number of halogens is 1. The van der Waals surface area contributed by atoms with E-state index in [9.17, 15) is 0 Å². The summed E-state index contributed by atoms with van der Waals surface area (Å²) in [6.45, 7) is 2.59. The first-order valence-corrected chi connectivity index (χ1v) is 5.65. The summed E-state index contributed by atoms with van der Waals surface area (Å²) in [5.74, 6) is 1.61. The summed E-state index contributed by atoms with van der Waals surface area (Å²) in [7, 11) is 1.85. The van der Waals surface area contributed by atoms with Gasteiger partial charge < -0.3 is 5.32 Å². The third kappa shape index (κ3) is 2.57. The van der Waals surface area contributed by atoms with Crippen LogP contribution in [0.1, 0.15) is 11.4 Å². The van der Waals surface area contributed by atoms with Gasteiger partial charge in [-0.05, 0) is 34.5 Å². The molecule has 0 amide bonds. The van der Waals surface area contributed by atoms with Gasteiger partial charge in [-0.15, -0.1) is 0 Å². The standard InChI is InChI=1S/C10H12BrN5/c1-7-3-8(11)4-12-10(7)13-5-9-14-6-16(2)15-9/h3-4,6H,5H2,1-2H3,(H,12,13). The van der Waals surface area contributed by atoms with Gasteiger partial charge in [-0.1, -0.05) is 0 Å². The van der Waals surface area contributed by atoms with Gasteiger partial charge in [0.1, 0.15) is 12.1 Å². The maximum Gasteiger partial charge on any atom is 0.169 e. The molecule has 5 nitrogen and oxygen atoms in total. The van der Waals surface area contributed by atoms with Crippen LogP contribution in [-0.2, 0) is 13.6 Å². The van der Waals surface area contributed by atoms with Crippen LogP contribution in [0.2, 0.25) is 0 Å². The summed E-state index contributed by atoms with van der Waals surface area (Å²) in [5.41, 5.74) is 1.09. The molecule has 2 aromatic heterocycles. The molecule has 0 aliphatic carbocycles. The number of rotatable bonds is 3. The quantitative estimate of drug-likeness (QED) is 0.934. The zero-order valence-electron chi connectivity index (χ0n) is 9.11. The van der Waals surface area contributed by atoms with Crippen LogP contribution in [0.15, 0.2) is 23.1 Å². The normalized spacial score (nSPS) is 10.4. The molecule has 0 aromatic carbocycles. The van der Waals surface area contributed by atoms with E-state index in [1.54, 1.807) is 17.2 Å². The molecule has 2 rings (SSSR count). The number of hydrogen-bond acceptors (Lipinski definition) is 4. The van der Waals surface area contributed by atoms with E-state index >= 15 is 0 Å². The highest BCUT2D eigenvalue weighted by Gasteiger charge is 2.02. The first kappa shape index (κ1) is 11.1. The predicted octanol–water partition coefficient (Wildman–Crippen LogP) is 1.89. The zero-order chi connectivity index (χ0) is 11.5. The Labute approximate surface area is 102 Å². The Kier molecular flexibility index (Phi) is 3.19. The van der Waals surface area contributed by atoms with Gasteiger partial charge in [0.15, 0.2) is 5.82 Å². The Bertz CT molecular complexity index is 494. The number of aryl methyl sites for hydroxylation is 2. The fourth-order valence-electron chi connectivity index (χ4n) is 1.35. The number of nitrogens with zero attached hydrogens (tertiary/aromatic N) is 4. The first-order valence-electron chi connectivity index (χ1n) is 4.85. The molecule has 0 radical (unpaired) electrons. The lowest BCUT2D eigenvalue weighted by atomic mass is 10.3. The van der Waals surface area contributed by atoms with E-state index in [1.165, 1.54) is 0 Å². The maximum absolute atomic E-state index is 4.28. The Balaban J connectivity index is 2.04. The van der Waals surface area contributed by atoms with Crippen molar-refractivity contribution in [2.24, 2.45) is 7.05 Å². The summed E-state index contributed by atoms with van der Waals surface area (Å²) in [6, 6.07) is 2.02. The van der Waals surface area contributed by atoms with Crippen LogP contribution in [0.4, 0.5) is 5.82 Å². The molecule has 0 spiro atoms. The number of anilines is 1. The van der Waals surface area contributed by atoms with E-state index in [-0.39, 0.29) is 0 Å². The molecule has 0 unspecified atom stereocenters. The lowest BCUT2D eigenvalue weighted by molar-refractivity contribution is 0.747. The average molecular weight is 282 g/mol. The molecule has 1 N–H and O–H groups in total. The van der Waals surface area contributed by atoms with Crippen molar-refractivity contribution >= 4 is 21.7 Å². The van der Waals surface area contributed by atoms with Gasteiger partial charge in [0.2, 0.25) is 0 Å². The summed E-state index contributed by atoms with van der Waals surface area (Å²) in [4.78, 5) is 8.41. The van der Waals surface area contributed by atoms with E-state index in [2.05, 4.69) is 36.3 Å². The van der Waals surface area contributed by atoms with Crippen molar-refractivity contribution in [2.45, 2.75) is 13.5 Å². The SMILES string of the molecule is Cc1cc(Br)cnc1NCc1ncn(C)n1. The largest absolute Gasteiger partial charge is 0.362 e. The van der Waals surface area contributed by atoms with Crippen LogP contribution in [0.5, 0.6) is 0 Å².